The lowest BCUT2D eigenvalue weighted by molar-refractivity contribution is -0.384. The first-order valence-corrected chi connectivity index (χ1v) is 8.91. The van der Waals surface area contributed by atoms with Gasteiger partial charge in [0, 0.05) is 17.8 Å². The Kier molecular flexibility index (Phi) is 7.08. The highest BCUT2D eigenvalue weighted by Gasteiger charge is 2.26. The number of nitro groups is 1. The molecule has 0 saturated heterocycles. The number of nitro benzene ring substituents is 1. The number of amides is 2. The first-order valence-electron chi connectivity index (χ1n) is 8.91. The summed E-state index contributed by atoms with van der Waals surface area (Å²) in [6, 6.07) is 11.6. The van der Waals surface area contributed by atoms with E-state index in [2.05, 4.69) is 10.6 Å². The van der Waals surface area contributed by atoms with Gasteiger partial charge in [-0.25, -0.2) is 0 Å². The molecule has 0 fully saturated rings. The summed E-state index contributed by atoms with van der Waals surface area (Å²) in [6.45, 7) is 5.82. The van der Waals surface area contributed by atoms with E-state index in [9.17, 15) is 19.7 Å². The lowest BCUT2D eigenvalue weighted by Crippen LogP contribution is -2.47. The molecule has 0 heterocycles. The summed E-state index contributed by atoms with van der Waals surface area (Å²) in [6.07, 6.45) is 0. The number of non-ortho nitro benzene ring substituents is 1. The first kappa shape index (κ1) is 20.9. The molecule has 0 bridgehead atoms. The first-order chi connectivity index (χ1) is 13.3. The van der Waals surface area contributed by atoms with Gasteiger partial charge in [-0.1, -0.05) is 32.0 Å². The van der Waals surface area contributed by atoms with Gasteiger partial charge in [0.25, 0.3) is 11.6 Å². The van der Waals surface area contributed by atoms with Gasteiger partial charge in [0.2, 0.25) is 5.91 Å². The van der Waals surface area contributed by atoms with E-state index < -0.39 is 22.8 Å². The Bertz CT molecular complexity index is 866. The standard InChI is InChI=1S/C20H23N3O5/c1-4-28-17-11-6-5-10-16(17)19(24)22-18(13(2)3)20(25)21-14-8-7-9-15(12-14)23(26)27/h5-13,18H,4H2,1-3H3,(H,21,25)(H,22,24)/t18-/m0/s1. The van der Waals surface area contributed by atoms with Crippen molar-refractivity contribution in [3.8, 4) is 5.75 Å². The van der Waals surface area contributed by atoms with E-state index in [1.54, 1.807) is 44.2 Å². The van der Waals surface area contributed by atoms with E-state index in [4.69, 9.17) is 4.74 Å². The SMILES string of the molecule is CCOc1ccccc1C(=O)N[C@H](C(=O)Nc1cccc([N+](=O)[O-])c1)C(C)C. The van der Waals surface area contributed by atoms with Crippen LogP contribution in [-0.2, 0) is 4.79 Å². The van der Waals surface area contributed by atoms with Gasteiger partial charge in [-0.3, -0.25) is 19.7 Å². The second kappa shape index (κ2) is 9.50. The summed E-state index contributed by atoms with van der Waals surface area (Å²) in [5.41, 5.74) is 0.487. The molecule has 2 aromatic carbocycles. The van der Waals surface area contributed by atoms with Crippen LogP contribution in [0, 0.1) is 16.0 Å². The molecule has 0 radical (unpaired) electrons. The molecule has 0 aromatic heterocycles. The molecule has 8 heteroatoms. The number of ether oxygens (including phenoxy) is 1. The van der Waals surface area contributed by atoms with Crippen LogP contribution in [0.1, 0.15) is 31.1 Å². The number of benzene rings is 2. The number of para-hydroxylation sites is 1. The topological polar surface area (TPSA) is 111 Å². The molecule has 0 saturated carbocycles. The zero-order valence-corrected chi connectivity index (χ0v) is 16.0. The minimum Gasteiger partial charge on any atom is -0.493 e. The summed E-state index contributed by atoms with van der Waals surface area (Å²) in [5.74, 6) is -0.666. The zero-order chi connectivity index (χ0) is 20.7. The van der Waals surface area contributed by atoms with Gasteiger partial charge in [0.15, 0.2) is 0 Å². The summed E-state index contributed by atoms with van der Waals surface area (Å²) < 4.78 is 5.47. The van der Waals surface area contributed by atoms with Gasteiger partial charge < -0.3 is 15.4 Å². The van der Waals surface area contributed by atoms with Crippen molar-refractivity contribution in [3.63, 3.8) is 0 Å². The normalized spacial score (nSPS) is 11.6. The largest absolute Gasteiger partial charge is 0.493 e. The number of hydrogen-bond donors (Lipinski definition) is 2. The minimum absolute atomic E-state index is 0.131. The monoisotopic (exact) mass is 385 g/mol. The fourth-order valence-corrected chi connectivity index (χ4v) is 2.61. The number of anilines is 1. The smallest absolute Gasteiger partial charge is 0.271 e. The van der Waals surface area contributed by atoms with Gasteiger partial charge in [-0.05, 0) is 31.0 Å². The molecule has 0 aliphatic carbocycles. The molecule has 0 unspecified atom stereocenters. The Balaban J connectivity index is 2.17. The molecule has 0 aliphatic heterocycles. The van der Waals surface area contributed by atoms with E-state index in [-0.39, 0.29) is 17.3 Å². The van der Waals surface area contributed by atoms with Crippen molar-refractivity contribution in [2.45, 2.75) is 26.8 Å². The number of carbonyl (C=O) groups excluding carboxylic acids is 2. The average molecular weight is 385 g/mol. The molecular formula is C20H23N3O5. The highest BCUT2D eigenvalue weighted by atomic mass is 16.6. The van der Waals surface area contributed by atoms with Crippen molar-refractivity contribution in [3.05, 3.63) is 64.2 Å². The molecule has 28 heavy (non-hydrogen) atoms. The molecule has 2 amide bonds. The van der Waals surface area contributed by atoms with Crippen LogP contribution in [-0.4, -0.2) is 29.4 Å². The van der Waals surface area contributed by atoms with Crippen LogP contribution in [0.3, 0.4) is 0 Å². The van der Waals surface area contributed by atoms with E-state index in [1.165, 1.54) is 18.2 Å². The summed E-state index contributed by atoms with van der Waals surface area (Å²) in [5, 5.41) is 16.2. The summed E-state index contributed by atoms with van der Waals surface area (Å²) in [4.78, 5) is 35.7. The Morgan fingerprint density at radius 1 is 1.14 bits per heavy atom. The van der Waals surface area contributed by atoms with E-state index in [1.807, 2.05) is 6.92 Å². The van der Waals surface area contributed by atoms with Crippen LogP contribution >= 0.6 is 0 Å². The number of nitrogens with zero attached hydrogens (tertiary/aromatic N) is 1. The number of rotatable bonds is 8. The van der Waals surface area contributed by atoms with Crippen LogP contribution in [0.25, 0.3) is 0 Å². The van der Waals surface area contributed by atoms with Gasteiger partial charge >= 0.3 is 0 Å². The maximum absolute atomic E-state index is 12.7. The second-order valence-electron chi connectivity index (χ2n) is 6.42. The second-order valence-corrected chi connectivity index (χ2v) is 6.42. The molecule has 2 rings (SSSR count). The van der Waals surface area contributed by atoms with Gasteiger partial charge in [-0.15, -0.1) is 0 Å². The van der Waals surface area contributed by atoms with Gasteiger partial charge in [0.1, 0.15) is 11.8 Å². The molecule has 8 nitrogen and oxygen atoms in total. The van der Waals surface area contributed by atoms with Crippen molar-refractivity contribution in [2.24, 2.45) is 5.92 Å². The van der Waals surface area contributed by atoms with Crippen LogP contribution in [0.5, 0.6) is 5.75 Å². The molecule has 2 aromatic rings. The molecular weight excluding hydrogens is 362 g/mol. The third kappa shape index (κ3) is 5.29. The summed E-state index contributed by atoms with van der Waals surface area (Å²) >= 11 is 0. The highest BCUT2D eigenvalue weighted by Crippen LogP contribution is 2.20. The molecule has 0 spiro atoms. The van der Waals surface area contributed by atoms with Crippen molar-refractivity contribution in [2.75, 3.05) is 11.9 Å². The van der Waals surface area contributed by atoms with Crippen molar-refractivity contribution < 1.29 is 19.2 Å². The number of carbonyl (C=O) groups is 2. The molecule has 0 aliphatic rings. The third-order valence-corrected chi connectivity index (χ3v) is 3.99. The van der Waals surface area contributed by atoms with Crippen molar-refractivity contribution in [1.29, 1.82) is 0 Å². The Morgan fingerprint density at radius 2 is 1.86 bits per heavy atom. The predicted octanol–water partition coefficient (Wildman–Crippen LogP) is 3.39. The predicted molar refractivity (Wildman–Crippen MR) is 105 cm³/mol. The minimum atomic E-state index is -0.832. The van der Waals surface area contributed by atoms with Gasteiger partial charge in [0.05, 0.1) is 17.1 Å². The lowest BCUT2D eigenvalue weighted by atomic mass is 10.0. The average Bonchev–Trinajstić information content (AvgIpc) is 2.66. The van der Waals surface area contributed by atoms with Crippen molar-refractivity contribution >= 4 is 23.2 Å². The van der Waals surface area contributed by atoms with E-state index in [0.717, 1.165) is 0 Å². The molecule has 1 atom stereocenters. The van der Waals surface area contributed by atoms with Crippen molar-refractivity contribution in [1.82, 2.24) is 5.32 Å². The molecule has 2 N–H and O–H groups in total. The molecule has 148 valence electrons. The van der Waals surface area contributed by atoms with Crippen LogP contribution in [0.15, 0.2) is 48.5 Å². The zero-order valence-electron chi connectivity index (χ0n) is 16.0. The maximum atomic E-state index is 12.7. The fraction of sp³-hybridized carbons (Fsp3) is 0.300. The van der Waals surface area contributed by atoms with E-state index >= 15 is 0 Å². The summed E-state index contributed by atoms with van der Waals surface area (Å²) in [7, 11) is 0. The van der Waals surface area contributed by atoms with Gasteiger partial charge in [-0.2, -0.15) is 0 Å². The van der Waals surface area contributed by atoms with Crippen LogP contribution in [0.4, 0.5) is 11.4 Å². The van der Waals surface area contributed by atoms with Crippen LogP contribution in [0.2, 0.25) is 0 Å². The lowest BCUT2D eigenvalue weighted by Gasteiger charge is -2.22. The van der Waals surface area contributed by atoms with Crippen LogP contribution < -0.4 is 15.4 Å². The van der Waals surface area contributed by atoms with E-state index in [0.29, 0.717) is 17.9 Å². The Hall–Kier alpha value is -3.42. The maximum Gasteiger partial charge on any atom is 0.271 e. The highest BCUT2D eigenvalue weighted by molar-refractivity contribution is 6.02. The number of hydrogen-bond acceptors (Lipinski definition) is 5. The Labute approximate surface area is 163 Å². The quantitative estimate of drug-likeness (QED) is 0.534. The Morgan fingerprint density at radius 3 is 2.50 bits per heavy atom. The third-order valence-electron chi connectivity index (χ3n) is 3.99. The number of nitrogens with one attached hydrogen (secondary N) is 2. The fourth-order valence-electron chi connectivity index (χ4n) is 2.61.